The summed E-state index contributed by atoms with van der Waals surface area (Å²) in [6.07, 6.45) is 18.1. The molecule has 3 rings (SSSR count). The van der Waals surface area contributed by atoms with Crippen LogP contribution in [0.5, 0.6) is 5.75 Å². The average molecular weight is 505 g/mol. The Morgan fingerprint density at radius 1 is 0.649 bits per heavy atom. The van der Waals surface area contributed by atoms with E-state index in [0.717, 1.165) is 41.8 Å². The minimum Gasteiger partial charge on any atom is -0.491 e. The first kappa shape index (κ1) is 28.8. The normalized spacial score (nSPS) is 12.0. The monoisotopic (exact) mass is 504 g/mol. The van der Waals surface area contributed by atoms with E-state index in [-0.39, 0.29) is 6.61 Å². The van der Waals surface area contributed by atoms with Crippen LogP contribution in [-0.4, -0.2) is 22.7 Å². The zero-order chi connectivity index (χ0) is 26.1. The third kappa shape index (κ3) is 10.6. The van der Waals surface area contributed by atoms with Gasteiger partial charge in [0, 0.05) is 23.5 Å². The summed E-state index contributed by atoms with van der Waals surface area (Å²) in [4.78, 5) is 9.16. The highest BCUT2D eigenvalue weighted by molar-refractivity contribution is 5.64. The minimum absolute atomic E-state index is 0.116. The highest BCUT2D eigenvalue weighted by Gasteiger charge is 2.08. The van der Waals surface area contributed by atoms with E-state index in [2.05, 4.69) is 48.1 Å². The van der Waals surface area contributed by atoms with Gasteiger partial charge in [-0.25, -0.2) is 14.4 Å². The SMILES string of the molecule is CCCCCCCCCCC(F)COc1ccc(-c2cnc(-c3ccc(CCCCC)cc3)nc2)cc1. The zero-order valence-corrected chi connectivity index (χ0v) is 22.9. The molecule has 0 saturated heterocycles. The summed E-state index contributed by atoms with van der Waals surface area (Å²) in [5.41, 5.74) is 4.36. The van der Waals surface area contributed by atoms with Crippen molar-refractivity contribution in [3.05, 3.63) is 66.5 Å². The Balaban J connectivity index is 1.39. The van der Waals surface area contributed by atoms with E-state index in [1.165, 1.54) is 63.4 Å². The van der Waals surface area contributed by atoms with Gasteiger partial charge in [0.05, 0.1) is 0 Å². The van der Waals surface area contributed by atoms with E-state index in [0.29, 0.717) is 12.2 Å². The summed E-state index contributed by atoms with van der Waals surface area (Å²) in [5, 5.41) is 0. The first-order chi connectivity index (χ1) is 18.2. The van der Waals surface area contributed by atoms with Crippen molar-refractivity contribution in [1.82, 2.24) is 9.97 Å². The Morgan fingerprint density at radius 3 is 1.86 bits per heavy atom. The van der Waals surface area contributed by atoms with Gasteiger partial charge in [-0.3, -0.25) is 0 Å². The molecule has 0 N–H and O–H groups in total. The van der Waals surface area contributed by atoms with E-state index in [1.54, 1.807) is 0 Å². The smallest absolute Gasteiger partial charge is 0.159 e. The Labute approximate surface area is 223 Å². The molecule has 1 aromatic heterocycles. The van der Waals surface area contributed by atoms with Gasteiger partial charge in [-0.1, -0.05) is 114 Å². The van der Waals surface area contributed by atoms with Gasteiger partial charge in [-0.2, -0.15) is 0 Å². The number of halogens is 1. The molecule has 0 spiro atoms. The van der Waals surface area contributed by atoms with E-state index in [1.807, 2.05) is 36.7 Å². The van der Waals surface area contributed by atoms with Crippen LogP contribution in [-0.2, 0) is 6.42 Å². The lowest BCUT2D eigenvalue weighted by molar-refractivity contribution is 0.184. The Morgan fingerprint density at radius 2 is 1.22 bits per heavy atom. The fraction of sp³-hybridized carbons (Fsp3) is 0.515. The number of alkyl halides is 1. The van der Waals surface area contributed by atoms with Gasteiger partial charge >= 0.3 is 0 Å². The van der Waals surface area contributed by atoms with Gasteiger partial charge in [0.1, 0.15) is 18.5 Å². The van der Waals surface area contributed by atoms with Crippen LogP contribution >= 0.6 is 0 Å². The molecule has 0 aliphatic rings. The van der Waals surface area contributed by atoms with Crippen LogP contribution in [0.15, 0.2) is 60.9 Å². The van der Waals surface area contributed by atoms with Gasteiger partial charge in [0.25, 0.3) is 0 Å². The second-order valence-electron chi connectivity index (χ2n) is 10.1. The molecule has 0 aliphatic heterocycles. The van der Waals surface area contributed by atoms with E-state index >= 15 is 0 Å². The van der Waals surface area contributed by atoms with Crippen molar-refractivity contribution in [2.24, 2.45) is 0 Å². The quantitative estimate of drug-likeness (QED) is 0.162. The molecular formula is C33H45FN2O. The van der Waals surface area contributed by atoms with E-state index in [9.17, 15) is 4.39 Å². The van der Waals surface area contributed by atoms with Crippen LogP contribution in [0.3, 0.4) is 0 Å². The van der Waals surface area contributed by atoms with Crippen LogP contribution in [0.25, 0.3) is 22.5 Å². The van der Waals surface area contributed by atoms with Crippen LogP contribution in [0.1, 0.15) is 96.5 Å². The van der Waals surface area contributed by atoms with Crippen molar-refractivity contribution in [2.45, 2.75) is 103 Å². The van der Waals surface area contributed by atoms with E-state index < -0.39 is 6.17 Å². The summed E-state index contributed by atoms with van der Waals surface area (Å²) < 4.78 is 19.9. The van der Waals surface area contributed by atoms with Crippen molar-refractivity contribution < 1.29 is 9.13 Å². The topological polar surface area (TPSA) is 35.0 Å². The van der Waals surface area contributed by atoms with Gasteiger partial charge in [-0.15, -0.1) is 0 Å². The largest absolute Gasteiger partial charge is 0.491 e. The van der Waals surface area contributed by atoms with E-state index in [4.69, 9.17) is 4.74 Å². The summed E-state index contributed by atoms with van der Waals surface area (Å²) in [7, 11) is 0. The Kier molecular flexibility index (Phi) is 13.2. The third-order valence-electron chi connectivity index (χ3n) is 6.92. The molecule has 0 amide bonds. The number of hydrogen-bond donors (Lipinski definition) is 0. The number of benzene rings is 2. The summed E-state index contributed by atoms with van der Waals surface area (Å²) in [5.74, 6) is 1.42. The summed E-state index contributed by atoms with van der Waals surface area (Å²) in [6, 6.07) is 16.3. The predicted molar refractivity (Wildman–Crippen MR) is 154 cm³/mol. The Bertz CT molecular complexity index is 986. The first-order valence-electron chi connectivity index (χ1n) is 14.5. The number of rotatable bonds is 18. The minimum atomic E-state index is -0.911. The second-order valence-corrected chi connectivity index (χ2v) is 10.1. The van der Waals surface area contributed by atoms with Crippen molar-refractivity contribution in [3.63, 3.8) is 0 Å². The van der Waals surface area contributed by atoms with Crippen molar-refractivity contribution in [3.8, 4) is 28.3 Å². The van der Waals surface area contributed by atoms with Gasteiger partial charge < -0.3 is 4.74 Å². The lowest BCUT2D eigenvalue weighted by atomic mass is 10.0. The molecule has 0 aliphatic carbocycles. The Hall–Kier alpha value is -2.75. The van der Waals surface area contributed by atoms with Gasteiger partial charge in [-0.05, 0) is 42.5 Å². The highest BCUT2D eigenvalue weighted by Crippen LogP contribution is 2.24. The van der Waals surface area contributed by atoms with Crippen LogP contribution < -0.4 is 4.74 Å². The molecule has 1 unspecified atom stereocenters. The second kappa shape index (κ2) is 16.9. The van der Waals surface area contributed by atoms with Crippen LogP contribution in [0.2, 0.25) is 0 Å². The van der Waals surface area contributed by atoms with Crippen molar-refractivity contribution >= 4 is 0 Å². The molecule has 4 heteroatoms. The molecule has 0 radical (unpaired) electrons. The lowest BCUT2D eigenvalue weighted by Gasteiger charge is -2.11. The maximum Gasteiger partial charge on any atom is 0.159 e. The highest BCUT2D eigenvalue weighted by atomic mass is 19.1. The maximum atomic E-state index is 14.2. The van der Waals surface area contributed by atoms with Crippen LogP contribution in [0, 0.1) is 0 Å². The standard InChI is InChI=1S/C33H45FN2O/c1-3-5-7-8-9-10-11-13-15-31(34)26-37-32-22-20-28(21-23-32)30-24-35-33(36-25-30)29-18-16-27(17-19-29)14-12-6-4-2/h16-25,31H,3-15,26H2,1-2H3. The average Bonchev–Trinajstić information content (AvgIpc) is 2.94. The molecule has 200 valence electrons. The lowest BCUT2D eigenvalue weighted by Crippen LogP contribution is -2.12. The zero-order valence-electron chi connectivity index (χ0n) is 22.9. The summed E-state index contributed by atoms with van der Waals surface area (Å²) in [6.45, 7) is 4.58. The molecule has 37 heavy (non-hydrogen) atoms. The number of unbranched alkanes of at least 4 members (excludes halogenated alkanes) is 9. The maximum absolute atomic E-state index is 14.2. The molecule has 0 bridgehead atoms. The number of nitrogens with zero attached hydrogens (tertiary/aromatic N) is 2. The molecule has 3 aromatic rings. The molecule has 1 heterocycles. The van der Waals surface area contributed by atoms with Gasteiger partial charge in [0.2, 0.25) is 0 Å². The molecular weight excluding hydrogens is 459 g/mol. The predicted octanol–water partition coefficient (Wildman–Crippen LogP) is 9.79. The fourth-order valence-corrected chi connectivity index (χ4v) is 4.54. The molecule has 2 aromatic carbocycles. The molecule has 3 nitrogen and oxygen atoms in total. The summed E-state index contributed by atoms with van der Waals surface area (Å²) >= 11 is 0. The fourth-order valence-electron chi connectivity index (χ4n) is 4.54. The number of hydrogen-bond acceptors (Lipinski definition) is 3. The van der Waals surface area contributed by atoms with Crippen molar-refractivity contribution in [2.75, 3.05) is 6.61 Å². The number of ether oxygens (including phenoxy) is 1. The van der Waals surface area contributed by atoms with Crippen molar-refractivity contribution in [1.29, 1.82) is 0 Å². The number of aromatic nitrogens is 2. The molecule has 1 atom stereocenters. The number of aryl methyl sites for hydroxylation is 1. The van der Waals surface area contributed by atoms with Crippen LogP contribution in [0.4, 0.5) is 4.39 Å². The third-order valence-corrected chi connectivity index (χ3v) is 6.92. The first-order valence-corrected chi connectivity index (χ1v) is 14.5. The molecule has 0 saturated carbocycles. The molecule has 0 fully saturated rings. The van der Waals surface area contributed by atoms with Gasteiger partial charge in [0.15, 0.2) is 5.82 Å².